The van der Waals surface area contributed by atoms with Crippen LogP contribution in [0.2, 0.25) is 10.0 Å². The molecule has 0 fully saturated rings. The minimum absolute atomic E-state index is 0.709. The van der Waals surface area contributed by atoms with Gasteiger partial charge in [0, 0.05) is 28.4 Å². The summed E-state index contributed by atoms with van der Waals surface area (Å²) in [5.74, 6) is 0. The second-order valence-electron chi connectivity index (χ2n) is 4.95. The molecule has 1 aromatic heterocycles. The van der Waals surface area contributed by atoms with Gasteiger partial charge in [-0.15, -0.1) is 0 Å². The number of nitrogens with zero attached hydrogens (tertiary/aromatic N) is 2. The Hall–Kier alpha value is -1.77. The largest absolute Gasteiger partial charge is 0.303 e. The Morgan fingerprint density at radius 2 is 1.86 bits per heavy atom. The summed E-state index contributed by atoms with van der Waals surface area (Å²) in [7, 11) is 0. The third-order valence-corrected chi connectivity index (χ3v) is 4.07. The molecule has 0 atom stereocenters. The molecule has 0 aliphatic carbocycles. The second-order valence-corrected chi connectivity index (χ2v) is 5.79. The van der Waals surface area contributed by atoms with E-state index in [2.05, 4.69) is 4.98 Å². The van der Waals surface area contributed by atoms with Gasteiger partial charge in [0.25, 0.3) is 0 Å². The second kappa shape index (κ2) is 5.92. The summed E-state index contributed by atoms with van der Waals surface area (Å²) in [5, 5.41) is 1.49. The number of benzene rings is 2. The molecule has 0 unspecified atom stereocenters. The van der Waals surface area contributed by atoms with Crippen molar-refractivity contribution >= 4 is 23.2 Å². The van der Waals surface area contributed by atoms with Crippen molar-refractivity contribution in [2.24, 2.45) is 0 Å². The van der Waals surface area contributed by atoms with Crippen LogP contribution < -0.4 is 0 Å². The molecule has 0 saturated heterocycles. The quantitative estimate of drug-likeness (QED) is 0.659. The lowest BCUT2D eigenvalue weighted by atomic mass is 10.0. The third kappa shape index (κ3) is 2.97. The fourth-order valence-corrected chi connectivity index (χ4v) is 2.74. The average molecular weight is 317 g/mol. The van der Waals surface area contributed by atoms with Crippen molar-refractivity contribution in [2.45, 2.75) is 13.3 Å². The molecule has 0 amide bonds. The summed E-state index contributed by atoms with van der Waals surface area (Å²) in [4.78, 5) is 4.19. The molecule has 0 aliphatic rings. The van der Waals surface area contributed by atoms with E-state index in [0.29, 0.717) is 5.02 Å². The molecule has 1 heterocycles. The van der Waals surface area contributed by atoms with Crippen LogP contribution in [-0.4, -0.2) is 9.55 Å². The Kier molecular flexibility index (Phi) is 4.00. The Morgan fingerprint density at radius 1 is 1.05 bits per heavy atom. The first-order valence-corrected chi connectivity index (χ1v) is 7.42. The van der Waals surface area contributed by atoms with Crippen molar-refractivity contribution in [3.63, 3.8) is 0 Å². The van der Waals surface area contributed by atoms with Crippen LogP contribution in [0.5, 0.6) is 0 Å². The maximum atomic E-state index is 6.27. The maximum Gasteiger partial charge on any atom is 0.0994 e. The molecule has 106 valence electrons. The zero-order valence-electron chi connectivity index (χ0n) is 11.6. The molecule has 0 spiro atoms. The van der Waals surface area contributed by atoms with Gasteiger partial charge in [-0.1, -0.05) is 47.5 Å². The Morgan fingerprint density at radius 3 is 2.57 bits per heavy atom. The molecular weight excluding hydrogens is 303 g/mol. The van der Waals surface area contributed by atoms with Crippen LogP contribution >= 0.6 is 23.2 Å². The number of rotatable bonds is 3. The summed E-state index contributed by atoms with van der Waals surface area (Å²) in [5.41, 5.74) is 4.37. The van der Waals surface area contributed by atoms with E-state index in [4.69, 9.17) is 23.2 Å². The van der Waals surface area contributed by atoms with Gasteiger partial charge in [-0.2, -0.15) is 0 Å². The highest BCUT2D eigenvalue weighted by Gasteiger charge is 2.10. The van der Waals surface area contributed by atoms with Gasteiger partial charge in [0.1, 0.15) is 0 Å². The highest BCUT2D eigenvalue weighted by Crippen LogP contribution is 2.26. The van der Waals surface area contributed by atoms with Crippen molar-refractivity contribution in [3.8, 4) is 5.69 Å². The van der Waals surface area contributed by atoms with E-state index in [9.17, 15) is 0 Å². The summed E-state index contributed by atoms with van der Waals surface area (Å²) in [6.45, 7) is 2.02. The van der Waals surface area contributed by atoms with Crippen molar-refractivity contribution in [1.82, 2.24) is 9.55 Å². The number of hydrogen-bond donors (Lipinski definition) is 0. The van der Waals surface area contributed by atoms with Gasteiger partial charge in [0.05, 0.1) is 12.0 Å². The van der Waals surface area contributed by atoms with Crippen LogP contribution in [0.1, 0.15) is 16.8 Å². The lowest BCUT2D eigenvalue weighted by Crippen LogP contribution is -2.01. The molecule has 3 rings (SSSR count). The molecule has 2 nitrogen and oxygen atoms in total. The van der Waals surface area contributed by atoms with Crippen molar-refractivity contribution in [2.75, 3.05) is 0 Å². The van der Waals surface area contributed by atoms with Gasteiger partial charge in [0.15, 0.2) is 0 Å². The van der Waals surface area contributed by atoms with Gasteiger partial charge in [0.2, 0.25) is 0 Å². The highest BCUT2D eigenvalue weighted by molar-refractivity contribution is 6.31. The van der Waals surface area contributed by atoms with Crippen LogP contribution in [0.4, 0.5) is 0 Å². The Bertz CT molecular complexity index is 778. The molecule has 4 heteroatoms. The first-order chi connectivity index (χ1) is 10.1. The minimum Gasteiger partial charge on any atom is -0.303 e. The number of hydrogen-bond acceptors (Lipinski definition) is 1. The van der Waals surface area contributed by atoms with E-state index in [-0.39, 0.29) is 0 Å². The summed E-state index contributed by atoms with van der Waals surface area (Å²) >= 11 is 12.4. The lowest BCUT2D eigenvalue weighted by molar-refractivity contribution is 0.976. The standard InChI is InChI=1S/C17H14Cl2N2/c1-12-10-20-11-21(12)17-9-15(18)7-6-14(17)8-13-4-2-3-5-16(13)19/h2-7,9-11H,8H2,1H3. The fourth-order valence-electron chi connectivity index (χ4n) is 2.37. The molecule has 0 saturated carbocycles. The topological polar surface area (TPSA) is 17.8 Å². The van der Waals surface area contributed by atoms with E-state index in [1.165, 1.54) is 0 Å². The zero-order valence-corrected chi connectivity index (χ0v) is 13.1. The van der Waals surface area contributed by atoms with Gasteiger partial charge in [-0.05, 0) is 36.2 Å². The monoisotopic (exact) mass is 316 g/mol. The molecule has 0 radical (unpaired) electrons. The van der Waals surface area contributed by atoms with E-state index in [1.54, 1.807) is 6.33 Å². The predicted molar refractivity (Wildman–Crippen MR) is 87.6 cm³/mol. The smallest absolute Gasteiger partial charge is 0.0994 e. The van der Waals surface area contributed by atoms with Gasteiger partial charge < -0.3 is 4.57 Å². The molecular formula is C17H14Cl2N2. The fraction of sp³-hybridized carbons (Fsp3) is 0.118. The van der Waals surface area contributed by atoms with E-state index in [1.807, 2.05) is 60.2 Å². The first kappa shape index (κ1) is 14.2. The summed E-state index contributed by atoms with van der Waals surface area (Å²) in [6.07, 6.45) is 4.39. The van der Waals surface area contributed by atoms with Crippen LogP contribution in [0, 0.1) is 6.92 Å². The summed E-state index contributed by atoms with van der Waals surface area (Å²) < 4.78 is 2.04. The summed E-state index contributed by atoms with van der Waals surface area (Å²) in [6, 6.07) is 13.8. The van der Waals surface area contributed by atoms with E-state index >= 15 is 0 Å². The van der Waals surface area contributed by atoms with Crippen LogP contribution in [0.15, 0.2) is 55.0 Å². The molecule has 3 aromatic rings. The van der Waals surface area contributed by atoms with Gasteiger partial charge in [-0.25, -0.2) is 4.98 Å². The van der Waals surface area contributed by atoms with Crippen molar-refractivity contribution in [3.05, 3.63) is 81.9 Å². The van der Waals surface area contributed by atoms with Crippen LogP contribution in [0.3, 0.4) is 0 Å². The highest BCUT2D eigenvalue weighted by atomic mass is 35.5. The Balaban J connectivity index is 2.07. The molecule has 21 heavy (non-hydrogen) atoms. The first-order valence-electron chi connectivity index (χ1n) is 6.66. The van der Waals surface area contributed by atoms with Gasteiger partial charge >= 0.3 is 0 Å². The van der Waals surface area contributed by atoms with Gasteiger partial charge in [-0.3, -0.25) is 0 Å². The average Bonchev–Trinajstić information content (AvgIpc) is 2.89. The number of aryl methyl sites for hydroxylation is 1. The van der Waals surface area contributed by atoms with Crippen molar-refractivity contribution in [1.29, 1.82) is 0 Å². The SMILES string of the molecule is Cc1cncn1-c1cc(Cl)ccc1Cc1ccccc1Cl. The molecule has 0 aliphatic heterocycles. The third-order valence-electron chi connectivity index (χ3n) is 3.47. The number of aromatic nitrogens is 2. The predicted octanol–water partition coefficient (Wildman–Crippen LogP) is 5.08. The maximum absolute atomic E-state index is 6.27. The normalized spacial score (nSPS) is 10.8. The van der Waals surface area contributed by atoms with Crippen molar-refractivity contribution < 1.29 is 0 Å². The van der Waals surface area contributed by atoms with E-state index in [0.717, 1.165) is 34.0 Å². The van der Waals surface area contributed by atoms with Crippen LogP contribution in [-0.2, 0) is 6.42 Å². The molecule has 0 N–H and O–H groups in total. The molecule has 2 aromatic carbocycles. The number of halogens is 2. The minimum atomic E-state index is 0.709. The number of imidazole rings is 1. The zero-order chi connectivity index (χ0) is 14.8. The van der Waals surface area contributed by atoms with Crippen LogP contribution in [0.25, 0.3) is 5.69 Å². The molecule has 0 bridgehead atoms. The van der Waals surface area contributed by atoms with E-state index < -0.39 is 0 Å². The lowest BCUT2D eigenvalue weighted by Gasteiger charge is -2.13. The Labute approximate surface area is 134 Å².